The van der Waals surface area contributed by atoms with E-state index in [4.69, 9.17) is 24.1 Å². The van der Waals surface area contributed by atoms with E-state index >= 15 is 0 Å². The highest BCUT2D eigenvalue weighted by atomic mass is 16.7. The molecule has 40 heavy (non-hydrogen) atoms. The summed E-state index contributed by atoms with van der Waals surface area (Å²) in [7, 11) is 0. The van der Waals surface area contributed by atoms with Crippen molar-refractivity contribution in [1.82, 2.24) is 0 Å². The molecule has 0 radical (unpaired) electrons. The molecule has 228 valence electrons. The Kier molecular flexibility index (Phi) is 13.5. The van der Waals surface area contributed by atoms with Crippen LogP contribution in [0.5, 0.6) is 0 Å². The summed E-state index contributed by atoms with van der Waals surface area (Å²) >= 11 is 0. The van der Waals surface area contributed by atoms with Gasteiger partial charge in [-0.3, -0.25) is 0 Å². The zero-order valence-electron chi connectivity index (χ0n) is 24.7. The second-order valence-corrected chi connectivity index (χ2v) is 12.5. The number of aliphatic hydroxyl groups is 1. The van der Waals surface area contributed by atoms with Gasteiger partial charge in [0.25, 0.3) is 0 Å². The zero-order valence-corrected chi connectivity index (χ0v) is 24.7. The number of hydrogen-bond donors (Lipinski definition) is 2. The Morgan fingerprint density at radius 2 is 1.75 bits per heavy atom. The fraction of sp³-hybridized carbons (Fsp3) is 0.848. The second kappa shape index (κ2) is 17.0. The average Bonchev–Trinajstić information content (AvgIpc) is 3.53. The molecule has 4 aliphatic rings. The monoisotopic (exact) mass is 562 g/mol. The summed E-state index contributed by atoms with van der Waals surface area (Å²) in [5.74, 6) is 0.598. The summed E-state index contributed by atoms with van der Waals surface area (Å²) in [4.78, 5) is 10.8. The number of allylic oxidation sites excluding steroid dienone is 1. The van der Waals surface area contributed by atoms with Gasteiger partial charge >= 0.3 is 5.97 Å². The third-order valence-corrected chi connectivity index (χ3v) is 9.49. The van der Waals surface area contributed by atoms with E-state index in [2.05, 4.69) is 19.1 Å². The molecule has 2 N–H and O–H groups in total. The van der Waals surface area contributed by atoms with Crippen LogP contribution in [0.1, 0.15) is 110 Å². The third kappa shape index (κ3) is 9.94. The minimum atomic E-state index is -0.903. The SMILES string of the molecule is CCCC1CCC([C@@H](/C=C/[C@@H]2[C@@H](CCCC/C=C/C(=O)O)[C@@H](O)C[C@H]2OC2CCCCO2)OC2CCCCO2)C1. The third-order valence-electron chi connectivity index (χ3n) is 9.49. The van der Waals surface area contributed by atoms with Crippen LogP contribution in [0.2, 0.25) is 0 Å². The van der Waals surface area contributed by atoms with E-state index in [1.807, 2.05) is 0 Å². The van der Waals surface area contributed by atoms with Gasteiger partial charge in [0.1, 0.15) is 0 Å². The molecule has 0 bridgehead atoms. The van der Waals surface area contributed by atoms with Crippen LogP contribution in [0, 0.1) is 23.7 Å². The lowest BCUT2D eigenvalue weighted by Gasteiger charge is -2.31. The number of aliphatic hydroxyl groups excluding tert-OH is 1. The molecule has 7 nitrogen and oxygen atoms in total. The van der Waals surface area contributed by atoms with Gasteiger partial charge in [-0.15, -0.1) is 0 Å². The molecule has 0 spiro atoms. The molecule has 2 saturated heterocycles. The summed E-state index contributed by atoms with van der Waals surface area (Å²) in [5.41, 5.74) is 0. The maximum atomic E-state index is 11.2. The molecule has 4 unspecified atom stereocenters. The molecule has 4 rings (SSSR count). The Balaban J connectivity index is 1.45. The van der Waals surface area contributed by atoms with E-state index in [0.717, 1.165) is 83.3 Å². The lowest BCUT2D eigenvalue weighted by molar-refractivity contribution is -0.193. The molecule has 4 fully saturated rings. The first-order valence-corrected chi connectivity index (χ1v) is 16.3. The van der Waals surface area contributed by atoms with Crippen molar-refractivity contribution < 1.29 is 34.0 Å². The topological polar surface area (TPSA) is 94.5 Å². The van der Waals surface area contributed by atoms with E-state index in [-0.39, 0.29) is 36.6 Å². The largest absolute Gasteiger partial charge is 0.478 e. The number of aliphatic carboxylic acids is 1. The van der Waals surface area contributed by atoms with E-state index in [1.54, 1.807) is 6.08 Å². The van der Waals surface area contributed by atoms with Gasteiger partial charge in [-0.2, -0.15) is 0 Å². The van der Waals surface area contributed by atoms with Crippen molar-refractivity contribution in [3.63, 3.8) is 0 Å². The van der Waals surface area contributed by atoms with E-state index in [9.17, 15) is 9.90 Å². The number of rotatable bonds is 15. The maximum absolute atomic E-state index is 11.2. The minimum absolute atomic E-state index is 0.0242. The van der Waals surface area contributed by atoms with Crippen molar-refractivity contribution in [3.8, 4) is 0 Å². The first kappa shape index (κ1) is 31.7. The summed E-state index contributed by atoms with van der Waals surface area (Å²) < 4.78 is 25.1. The zero-order chi connectivity index (χ0) is 28.2. The number of carbonyl (C=O) groups is 1. The first-order chi connectivity index (χ1) is 19.5. The summed E-state index contributed by atoms with van der Waals surface area (Å²) in [5, 5.41) is 20.0. The van der Waals surface area contributed by atoms with Gasteiger partial charge in [0, 0.05) is 31.6 Å². The normalized spacial score (nSPS) is 36.0. The fourth-order valence-corrected chi connectivity index (χ4v) is 7.37. The number of ether oxygens (including phenoxy) is 4. The highest BCUT2D eigenvalue weighted by Crippen LogP contribution is 2.42. The van der Waals surface area contributed by atoms with E-state index < -0.39 is 12.1 Å². The Morgan fingerprint density at radius 1 is 0.975 bits per heavy atom. The maximum Gasteiger partial charge on any atom is 0.327 e. The van der Waals surface area contributed by atoms with Gasteiger partial charge in [-0.05, 0) is 88.4 Å². The van der Waals surface area contributed by atoms with Gasteiger partial charge < -0.3 is 29.2 Å². The average molecular weight is 563 g/mol. The van der Waals surface area contributed by atoms with Crippen LogP contribution in [0.4, 0.5) is 0 Å². The predicted molar refractivity (Wildman–Crippen MR) is 155 cm³/mol. The Morgan fingerprint density at radius 3 is 2.45 bits per heavy atom. The fourth-order valence-electron chi connectivity index (χ4n) is 7.37. The standard InChI is InChI=1S/C33H54O7/c1-2-11-24-16-17-25(22-24)29(39-32-14-7-9-20-37-32)19-18-27-26(12-5-3-4-6-13-31(35)36)28(34)23-30(27)40-33-15-8-10-21-38-33/h6,13,18-19,24-30,32-34H,2-5,7-12,14-17,20-23H2,1H3,(H,35,36)/b13-6+,19-18+/t24?,25?,26-,27-,28+,29-,30-,32?,33?/m1/s1. The van der Waals surface area contributed by atoms with Crippen LogP contribution in [-0.4, -0.2) is 60.3 Å². The van der Waals surface area contributed by atoms with Gasteiger partial charge in [-0.25, -0.2) is 4.79 Å². The van der Waals surface area contributed by atoms with Crippen LogP contribution < -0.4 is 0 Å². The lowest BCUT2D eigenvalue weighted by Crippen LogP contribution is -2.32. The Hall–Kier alpha value is -1.25. The second-order valence-electron chi connectivity index (χ2n) is 12.5. The number of unbranched alkanes of at least 4 members (excludes halogenated alkanes) is 2. The Bertz CT molecular complexity index is 786. The van der Waals surface area contributed by atoms with Crippen molar-refractivity contribution in [3.05, 3.63) is 24.3 Å². The van der Waals surface area contributed by atoms with Gasteiger partial charge in [0.05, 0.1) is 18.3 Å². The molecule has 0 aromatic heterocycles. The van der Waals surface area contributed by atoms with Crippen molar-refractivity contribution in [2.75, 3.05) is 13.2 Å². The number of hydrogen-bond acceptors (Lipinski definition) is 6. The molecule has 0 aromatic carbocycles. The highest BCUT2D eigenvalue weighted by molar-refractivity contribution is 5.79. The molecule has 2 heterocycles. The van der Waals surface area contributed by atoms with Gasteiger partial charge in [0.2, 0.25) is 0 Å². The van der Waals surface area contributed by atoms with Crippen LogP contribution in [0.15, 0.2) is 24.3 Å². The first-order valence-electron chi connectivity index (χ1n) is 16.3. The van der Waals surface area contributed by atoms with Crippen molar-refractivity contribution in [2.45, 2.75) is 141 Å². The summed E-state index contributed by atoms with van der Waals surface area (Å²) in [6.07, 6.45) is 23.4. The molecule has 7 heteroatoms. The molecule has 9 atom stereocenters. The molecule has 0 aromatic rings. The molecular formula is C33H54O7. The van der Waals surface area contributed by atoms with Crippen LogP contribution in [0.3, 0.4) is 0 Å². The highest BCUT2D eigenvalue weighted by Gasteiger charge is 2.43. The smallest absolute Gasteiger partial charge is 0.327 e. The molecule has 2 aliphatic heterocycles. The molecule has 2 saturated carbocycles. The number of carboxylic acids is 1. The minimum Gasteiger partial charge on any atom is -0.478 e. The quantitative estimate of drug-likeness (QED) is 0.129. The van der Waals surface area contributed by atoms with Crippen LogP contribution in [0.25, 0.3) is 0 Å². The summed E-state index contributed by atoms with van der Waals surface area (Å²) in [6, 6.07) is 0. The van der Waals surface area contributed by atoms with Crippen LogP contribution in [-0.2, 0) is 23.7 Å². The summed E-state index contributed by atoms with van der Waals surface area (Å²) in [6.45, 7) is 3.80. The molecule has 2 aliphatic carbocycles. The lowest BCUT2D eigenvalue weighted by atomic mass is 9.87. The molecular weight excluding hydrogens is 508 g/mol. The Labute approximate surface area is 241 Å². The molecule has 0 amide bonds. The van der Waals surface area contributed by atoms with Crippen molar-refractivity contribution in [1.29, 1.82) is 0 Å². The number of carboxylic acid groups (broad SMARTS) is 1. The van der Waals surface area contributed by atoms with E-state index in [0.29, 0.717) is 12.3 Å². The van der Waals surface area contributed by atoms with Gasteiger partial charge in [-0.1, -0.05) is 50.8 Å². The van der Waals surface area contributed by atoms with E-state index in [1.165, 1.54) is 38.2 Å². The van der Waals surface area contributed by atoms with Gasteiger partial charge in [0.15, 0.2) is 12.6 Å². The van der Waals surface area contributed by atoms with Crippen molar-refractivity contribution in [2.24, 2.45) is 23.7 Å². The predicted octanol–water partition coefficient (Wildman–Crippen LogP) is 6.78. The van der Waals surface area contributed by atoms with Crippen molar-refractivity contribution >= 4 is 5.97 Å². The van der Waals surface area contributed by atoms with Crippen LogP contribution >= 0.6 is 0 Å².